The summed E-state index contributed by atoms with van der Waals surface area (Å²) < 4.78 is 0. The molecule has 3 rings (SSSR count). The lowest BCUT2D eigenvalue weighted by molar-refractivity contribution is 0.100. The highest BCUT2D eigenvalue weighted by Gasteiger charge is 2.23. The van der Waals surface area contributed by atoms with Gasteiger partial charge in [-0.3, -0.25) is 10.2 Å². The molecule has 0 spiro atoms. The predicted molar refractivity (Wildman–Crippen MR) is 120 cm³/mol. The van der Waals surface area contributed by atoms with Crippen LogP contribution in [-0.4, -0.2) is 40.4 Å². The molecule has 0 unspecified atom stereocenters. The number of nitriles is 1. The standard InChI is InChI=1S/C20H24N10O/c21-7-8-26-30-17-9-13(6-5-12(17)10-22)27-19-14(18(24)31)11-25-20(29-19)28-16-4-2-1-3-15(16)23/h5-9,11,15-16,21,30H,1-4,23H2,(H2,24,31)(H2,25,27,28,29)/b21-7?,26-8-/t15-,16+/m0/s1. The van der Waals surface area contributed by atoms with Crippen molar-refractivity contribution in [1.29, 1.82) is 10.7 Å². The molecule has 8 N–H and O–H groups in total. The van der Waals surface area contributed by atoms with E-state index in [1.54, 1.807) is 18.2 Å². The van der Waals surface area contributed by atoms with Gasteiger partial charge >= 0.3 is 0 Å². The maximum absolute atomic E-state index is 11.9. The van der Waals surface area contributed by atoms with Crippen LogP contribution in [0, 0.1) is 16.7 Å². The number of rotatable bonds is 8. The lowest BCUT2D eigenvalue weighted by Crippen LogP contribution is -2.43. The van der Waals surface area contributed by atoms with E-state index in [-0.39, 0.29) is 23.5 Å². The highest BCUT2D eigenvalue weighted by Crippen LogP contribution is 2.26. The number of hydrogen-bond acceptors (Lipinski definition) is 10. The third-order valence-electron chi connectivity index (χ3n) is 4.92. The monoisotopic (exact) mass is 420 g/mol. The van der Waals surface area contributed by atoms with Crippen molar-refractivity contribution >= 4 is 41.5 Å². The van der Waals surface area contributed by atoms with Gasteiger partial charge in [-0.25, -0.2) is 4.98 Å². The first-order chi connectivity index (χ1) is 15.0. The van der Waals surface area contributed by atoms with Gasteiger partial charge in [0.05, 0.1) is 17.5 Å². The van der Waals surface area contributed by atoms with Gasteiger partial charge in [0.1, 0.15) is 17.5 Å². The van der Waals surface area contributed by atoms with E-state index in [1.165, 1.54) is 12.4 Å². The van der Waals surface area contributed by atoms with Gasteiger partial charge in [0.2, 0.25) is 5.95 Å². The molecule has 11 nitrogen and oxygen atoms in total. The lowest BCUT2D eigenvalue weighted by Gasteiger charge is -2.29. The fourth-order valence-electron chi connectivity index (χ4n) is 3.32. The molecule has 160 valence electrons. The topological polar surface area (TPSA) is 191 Å². The second kappa shape index (κ2) is 10.1. The molecule has 31 heavy (non-hydrogen) atoms. The van der Waals surface area contributed by atoms with Gasteiger partial charge in [0.15, 0.2) is 0 Å². The molecular weight excluding hydrogens is 396 g/mol. The van der Waals surface area contributed by atoms with Crippen molar-refractivity contribution in [2.75, 3.05) is 16.1 Å². The normalized spacial score (nSPS) is 18.2. The quantitative estimate of drug-likeness (QED) is 0.275. The summed E-state index contributed by atoms with van der Waals surface area (Å²) in [5.41, 5.74) is 15.8. The molecule has 1 aliphatic carbocycles. The Morgan fingerprint density at radius 1 is 1.35 bits per heavy atom. The van der Waals surface area contributed by atoms with Crippen LogP contribution in [0.25, 0.3) is 0 Å². The number of hydrazone groups is 1. The van der Waals surface area contributed by atoms with E-state index in [9.17, 15) is 10.1 Å². The number of hydrogen-bond donors (Lipinski definition) is 6. The maximum Gasteiger partial charge on any atom is 0.254 e. The molecular formula is C20H24N10O. The minimum absolute atomic E-state index is 0.0123. The summed E-state index contributed by atoms with van der Waals surface area (Å²) in [6.45, 7) is 0. The summed E-state index contributed by atoms with van der Waals surface area (Å²) in [5.74, 6) is -0.101. The number of nitrogens with two attached hydrogens (primary N) is 2. The van der Waals surface area contributed by atoms with Gasteiger partial charge in [-0.2, -0.15) is 15.3 Å². The van der Waals surface area contributed by atoms with Crippen molar-refractivity contribution in [3.63, 3.8) is 0 Å². The lowest BCUT2D eigenvalue weighted by atomic mass is 9.91. The van der Waals surface area contributed by atoms with Crippen LogP contribution in [0.1, 0.15) is 41.6 Å². The largest absolute Gasteiger partial charge is 0.365 e. The molecule has 11 heteroatoms. The first kappa shape index (κ1) is 21.7. The highest BCUT2D eigenvalue weighted by atomic mass is 16.1. The minimum atomic E-state index is -0.675. The van der Waals surface area contributed by atoms with Gasteiger partial charge in [0, 0.05) is 30.2 Å². The second-order valence-corrected chi connectivity index (χ2v) is 7.07. The number of carbonyl (C=O) groups is 1. The Morgan fingerprint density at radius 2 is 2.16 bits per heavy atom. The fourth-order valence-corrected chi connectivity index (χ4v) is 3.32. The molecule has 0 radical (unpaired) electrons. The van der Waals surface area contributed by atoms with Crippen LogP contribution in [0.5, 0.6) is 0 Å². The second-order valence-electron chi connectivity index (χ2n) is 7.07. The average Bonchev–Trinajstić information content (AvgIpc) is 2.76. The molecule has 2 atom stereocenters. The molecule has 1 aliphatic rings. The first-order valence-corrected chi connectivity index (χ1v) is 9.80. The molecule has 1 saturated carbocycles. The molecule has 1 fully saturated rings. The number of nitrogens with one attached hydrogen (secondary N) is 4. The van der Waals surface area contributed by atoms with Crippen LogP contribution >= 0.6 is 0 Å². The van der Waals surface area contributed by atoms with Gasteiger partial charge < -0.3 is 27.5 Å². The number of primary amides is 1. The predicted octanol–water partition coefficient (Wildman–Crippen LogP) is 1.92. The van der Waals surface area contributed by atoms with Gasteiger partial charge in [-0.05, 0) is 31.0 Å². The Morgan fingerprint density at radius 3 is 2.87 bits per heavy atom. The van der Waals surface area contributed by atoms with E-state index in [1.807, 2.05) is 0 Å². The molecule has 1 aromatic heterocycles. The van der Waals surface area contributed by atoms with E-state index in [0.29, 0.717) is 22.9 Å². The number of aromatic nitrogens is 2. The zero-order valence-corrected chi connectivity index (χ0v) is 16.8. The molecule has 2 aromatic rings. The van der Waals surface area contributed by atoms with Crippen LogP contribution in [-0.2, 0) is 0 Å². The van der Waals surface area contributed by atoms with E-state index in [2.05, 4.69) is 37.2 Å². The van der Waals surface area contributed by atoms with Crippen LogP contribution in [0.15, 0.2) is 29.5 Å². The van der Waals surface area contributed by atoms with Crippen LogP contribution in [0.4, 0.5) is 23.1 Å². The molecule has 0 bridgehead atoms. The van der Waals surface area contributed by atoms with Gasteiger partial charge in [-0.1, -0.05) is 12.8 Å². The third-order valence-corrected chi connectivity index (χ3v) is 4.92. The molecule has 0 saturated heterocycles. The third kappa shape index (κ3) is 5.52. The fraction of sp³-hybridized carbons (Fsp3) is 0.300. The summed E-state index contributed by atoms with van der Waals surface area (Å²) in [4.78, 5) is 20.5. The van der Waals surface area contributed by atoms with E-state index in [4.69, 9.17) is 16.9 Å². The van der Waals surface area contributed by atoms with Crippen molar-refractivity contribution in [1.82, 2.24) is 9.97 Å². The molecule has 1 aromatic carbocycles. The highest BCUT2D eigenvalue weighted by molar-refractivity contribution is 6.14. The first-order valence-electron chi connectivity index (χ1n) is 9.80. The summed E-state index contributed by atoms with van der Waals surface area (Å²) in [5, 5.41) is 26.4. The van der Waals surface area contributed by atoms with E-state index < -0.39 is 5.91 Å². The van der Waals surface area contributed by atoms with Crippen molar-refractivity contribution in [3.05, 3.63) is 35.5 Å². The van der Waals surface area contributed by atoms with Crippen LogP contribution in [0.2, 0.25) is 0 Å². The molecule has 0 aliphatic heterocycles. The number of anilines is 4. The number of carbonyl (C=O) groups excluding carboxylic acids is 1. The summed E-state index contributed by atoms with van der Waals surface area (Å²) in [6, 6.07) is 7.02. The number of nitrogens with zero attached hydrogens (tertiary/aromatic N) is 4. The van der Waals surface area contributed by atoms with E-state index >= 15 is 0 Å². The number of amides is 1. The zero-order chi connectivity index (χ0) is 22.2. The Bertz CT molecular complexity index is 1030. The molecule has 1 amide bonds. The van der Waals surface area contributed by atoms with Crippen molar-refractivity contribution in [3.8, 4) is 6.07 Å². The smallest absolute Gasteiger partial charge is 0.254 e. The van der Waals surface area contributed by atoms with Gasteiger partial charge in [-0.15, -0.1) is 0 Å². The maximum atomic E-state index is 11.9. The van der Waals surface area contributed by atoms with Crippen molar-refractivity contribution in [2.45, 2.75) is 37.8 Å². The van der Waals surface area contributed by atoms with Crippen LogP contribution < -0.4 is 27.5 Å². The SMILES string of the molecule is N#Cc1ccc(Nc2nc(N[C@@H]3CCCC[C@@H]3N)ncc2C(N)=O)cc1N/N=C\C=N. The summed E-state index contributed by atoms with van der Waals surface area (Å²) in [6.07, 6.45) is 7.66. The summed E-state index contributed by atoms with van der Waals surface area (Å²) >= 11 is 0. The van der Waals surface area contributed by atoms with E-state index in [0.717, 1.165) is 31.9 Å². The zero-order valence-electron chi connectivity index (χ0n) is 16.8. The Kier molecular flexibility index (Phi) is 7.08. The molecule has 1 heterocycles. The Hall–Kier alpha value is -4.04. The number of benzene rings is 1. The van der Waals surface area contributed by atoms with Crippen molar-refractivity contribution < 1.29 is 4.79 Å². The minimum Gasteiger partial charge on any atom is -0.365 e. The van der Waals surface area contributed by atoms with Crippen molar-refractivity contribution in [2.24, 2.45) is 16.6 Å². The summed E-state index contributed by atoms with van der Waals surface area (Å²) in [7, 11) is 0. The Labute approximate surface area is 179 Å². The average molecular weight is 420 g/mol. The van der Waals surface area contributed by atoms with Gasteiger partial charge in [0.25, 0.3) is 5.91 Å². The Balaban J connectivity index is 1.87. The van der Waals surface area contributed by atoms with Crippen LogP contribution in [0.3, 0.4) is 0 Å².